The number of ether oxygens (including phenoxy) is 1. The average molecular weight is 306 g/mol. The van der Waals surface area contributed by atoms with E-state index in [0.717, 1.165) is 10.0 Å². The van der Waals surface area contributed by atoms with Crippen LogP contribution in [0.25, 0.3) is 0 Å². The summed E-state index contributed by atoms with van der Waals surface area (Å²) in [5.74, 6) is -1.04. The van der Waals surface area contributed by atoms with Crippen LogP contribution in [0, 0.1) is 0 Å². The van der Waals surface area contributed by atoms with Gasteiger partial charge in [0.05, 0.1) is 5.92 Å². The molecule has 16 heavy (non-hydrogen) atoms. The first-order valence-corrected chi connectivity index (χ1v) is 5.76. The van der Waals surface area contributed by atoms with Gasteiger partial charge in [0, 0.05) is 11.4 Å². The van der Waals surface area contributed by atoms with Gasteiger partial charge >= 0.3 is 5.97 Å². The molecule has 0 aliphatic heterocycles. The highest BCUT2D eigenvalue weighted by Crippen LogP contribution is 2.21. The van der Waals surface area contributed by atoms with Crippen molar-refractivity contribution < 1.29 is 14.3 Å². The number of halogens is 2. The van der Waals surface area contributed by atoms with Gasteiger partial charge in [-0.15, -0.1) is 0 Å². The quantitative estimate of drug-likeness (QED) is 0.634. The predicted octanol–water partition coefficient (Wildman–Crippen LogP) is 2.86. The van der Waals surface area contributed by atoms with E-state index in [1.807, 2.05) is 0 Å². The molecule has 1 atom stereocenters. The number of hydrogen-bond acceptors (Lipinski definition) is 3. The van der Waals surface area contributed by atoms with Crippen molar-refractivity contribution in [2.24, 2.45) is 0 Å². The Balaban J connectivity index is 2.81. The van der Waals surface area contributed by atoms with Crippen molar-refractivity contribution in [2.45, 2.75) is 12.8 Å². The molecule has 3 nitrogen and oxygen atoms in total. The largest absolute Gasteiger partial charge is 0.465 e. The molecule has 0 fully saturated rings. The molecule has 1 rings (SSSR count). The molecule has 0 saturated carbocycles. The van der Waals surface area contributed by atoms with Crippen molar-refractivity contribution in [3.05, 3.63) is 34.3 Å². The minimum Gasteiger partial charge on any atom is -0.465 e. The molecule has 0 spiro atoms. The maximum Gasteiger partial charge on any atom is 0.302 e. The first-order valence-electron chi connectivity index (χ1n) is 4.59. The molecule has 0 radical (unpaired) electrons. The minimum atomic E-state index is -0.612. The zero-order valence-electron chi connectivity index (χ0n) is 8.57. The van der Waals surface area contributed by atoms with Gasteiger partial charge in [0.1, 0.15) is 6.61 Å². The van der Waals surface area contributed by atoms with E-state index >= 15 is 0 Å². The van der Waals surface area contributed by atoms with Crippen molar-refractivity contribution in [2.75, 3.05) is 6.61 Å². The van der Waals surface area contributed by atoms with E-state index in [4.69, 9.17) is 16.3 Å². The Labute approximate surface area is 107 Å². The summed E-state index contributed by atoms with van der Waals surface area (Å²) < 4.78 is 5.70. The summed E-state index contributed by atoms with van der Waals surface area (Å²) in [6.45, 7) is 1.26. The van der Waals surface area contributed by atoms with Crippen molar-refractivity contribution in [3.63, 3.8) is 0 Å². The summed E-state index contributed by atoms with van der Waals surface area (Å²) >= 11 is 8.75. The fourth-order valence-corrected chi connectivity index (χ4v) is 1.64. The van der Waals surface area contributed by atoms with Crippen LogP contribution < -0.4 is 0 Å². The van der Waals surface area contributed by atoms with E-state index in [1.165, 1.54) is 6.92 Å². The van der Waals surface area contributed by atoms with Crippen molar-refractivity contribution in [1.29, 1.82) is 0 Å². The van der Waals surface area contributed by atoms with Gasteiger partial charge in [0.25, 0.3) is 0 Å². The van der Waals surface area contributed by atoms with Gasteiger partial charge in [-0.1, -0.05) is 28.1 Å². The van der Waals surface area contributed by atoms with Gasteiger partial charge in [-0.2, -0.15) is 0 Å². The van der Waals surface area contributed by atoms with Gasteiger partial charge in [0.15, 0.2) is 0 Å². The molecule has 0 saturated heterocycles. The fourth-order valence-electron chi connectivity index (χ4n) is 1.19. The zero-order chi connectivity index (χ0) is 12.1. The number of carbonyl (C=O) groups is 2. The highest BCUT2D eigenvalue weighted by molar-refractivity contribution is 9.10. The average Bonchev–Trinajstić information content (AvgIpc) is 2.20. The molecule has 5 heteroatoms. The highest BCUT2D eigenvalue weighted by Gasteiger charge is 2.20. The number of esters is 1. The minimum absolute atomic E-state index is 0.0285. The van der Waals surface area contributed by atoms with Crippen LogP contribution in [-0.4, -0.2) is 17.8 Å². The summed E-state index contributed by atoms with van der Waals surface area (Å²) in [7, 11) is 0. The predicted molar refractivity (Wildman–Crippen MR) is 64.4 cm³/mol. The number of hydrogen-bond donors (Lipinski definition) is 0. The number of benzene rings is 1. The lowest BCUT2D eigenvalue weighted by Crippen LogP contribution is -2.16. The standard InChI is InChI=1S/C11H10BrClO3/c1-7(14)16-6-10(11(13)15)8-2-4-9(12)5-3-8/h2-5,10H,6H2,1H3/t10-/m0/s1. The Kier molecular flexibility index (Phi) is 4.96. The Morgan fingerprint density at radius 2 is 1.94 bits per heavy atom. The van der Waals surface area contributed by atoms with Crippen LogP contribution in [0.4, 0.5) is 0 Å². The molecule has 0 aliphatic carbocycles. The van der Waals surface area contributed by atoms with E-state index in [9.17, 15) is 9.59 Å². The van der Waals surface area contributed by atoms with Gasteiger partial charge in [-0.25, -0.2) is 0 Å². The number of rotatable bonds is 4. The summed E-state index contributed by atoms with van der Waals surface area (Å²) in [4.78, 5) is 21.9. The van der Waals surface area contributed by atoms with E-state index in [2.05, 4.69) is 15.9 Å². The van der Waals surface area contributed by atoms with Crippen LogP contribution in [0.2, 0.25) is 0 Å². The van der Waals surface area contributed by atoms with Crippen molar-refractivity contribution >= 4 is 38.7 Å². The van der Waals surface area contributed by atoms with Crippen molar-refractivity contribution in [1.82, 2.24) is 0 Å². The molecular formula is C11H10BrClO3. The Bertz CT molecular complexity index is 389. The SMILES string of the molecule is CC(=O)OC[C@H](C(=O)Cl)c1ccc(Br)cc1. The molecule has 1 aromatic rings. The number of carbonyl (C=O) groups excluding carboxylic acids is 2. The monoisotopic (exact) mass is 304 g/mol. The molecule has 0 bridgehead atoms. The Morgan fingerprint density at radius 1 is 1.38 bits per heavy atom. The lowest BCUT2D eigenvalue weighted by atomic mass is 10.0. The van der Waals surface area contributed by atoms with Crippen molar-refractivity contribution in [3.8, 4) is 0 Å². The molecule has 0 N–H and O–H groups in total. The van der Waals surface area contributed by atoms with E-state index in [-0.39, 0.29) is 6.61 Å². The smallest absolute Gasteiger partial charge is 0.302 e. The topological polar surface area (TPSA) is 43.4 Å². The second-order valence-electron chi connectivity index (χ2n) is 3.21. The van der Waals surface area contributed by atoms with E-state index in [0.29, 0.717) is 0 Å². The Hall–Kier alpha value is -0.870. The third-order valence-corrected chi connectivity index (χ3v) is 2.79. The third kappa shape index (κ3) is 3.94. The maximum absolute atomic E-state index is 11.2. The van der Waals surface area contributed by atoms with Gasteiger partial charge < -0.3 is 4.74 Å². The lowest BCUT2D eigenvalue weighted by molar-refractivity contribution is -0.141. The third-order valence-electron chi connectivity index (χ3n) is 2.00. The first kappa shape index (κ1) is 13.2. The summed E-state index contributed by atoms with van der Waals surface area (Å²) in [5, 5.41) is -0.538. The summed E-state index contributed by atoms with van der Waals surface area (Å²) in [6.07, 6.45) is 0. The maximum atomic E-state index is 11.2. The van der Waals surface area contributed by atoms with Crippen LogP contribution in [-0.2, 0) is 14.3 Å². The second kappa shape index (κ2) is 6.01. The van der Waals surface area contributed by atoms with Crippen LogP contribution in [0.15, 0.2) is 28.7 Å². The molecule has 0 amide bonds. The van der Waals surface area contributed by atoms with Crippen LogP contribution in [0.5, 0.6) is 0 Å². The van der Waals surface area contributed by atoms with Gasteiger partial charge in [-0.05, 0) is 29.3 Å². The normalized spacial score (nSPS) is 11.9. The molecule has 0 heterocycles. The van der Waals surface area contributed by atoms with Gasteiger partial charge in [-0.3, -0.25) is 9.59 Å². The van der Waals surface area contributed by atoms with Crippen LogP contribution in [0.1, 0.15) is 18.4 Å². The second-order valence-corrected chi connectivity index (χ2v) is 4.50. The van der Waals surface area contributed by atoms with Crippen LogP contribution in [0.3, 0.4) is 0 Å². The highest BCUT2D eigenvalue weighted by atomic mass is 79.9. The zero-order valence-corrected chi connectivity index (χ0v) is 10.9. The molecule has 1 aromatic carbocycles. The molecule has 0 aromatic heterocycles. The molecule has 86 valence electrons. The molecule has 0 aliphatic rings. The summed E-state index contributed by atoms with van der Waals surface area (Å²) in [6, 6.07) is 7.13. The van der Waals surface area contributed by atoms with E-state index < -0.39 is 17.1 Å². The van der Waals surface area contributed by atoms with E-state index in [1.54, 1.807) is 24.3 Å². The first-order chi connectivity index (χ1) is 7.50. The Morgan fingerprint density at radius 3 is 2.38 bits per heavy atom. The molecular weight excluding hydrogens is 295 g/mol. The lowest BCUT2D eigenvalue weighted by Gasteiger charge is -2.12. The summed E-state index contributed by atoms with van der Waals surface area (Å²) in [5.41, 5.74) is 0.726. The molecule has 0 unspecified atom stereocenters. The van der Waals surface area contributed by atoms with Gasteiger partial charge in [0.2, 0.25) is 5.24 Å². The fraction of sp³-hybridized carbons (Fsp3) is 0.273. The van der Waals surface area contributed by atoms with Crippen LogP contribution >= 0.6 is 27.5 Å².